The van der Waals surface area contributed by atoms with Crippen molar-refractivity contribution in [1.82, 2.24) is 25.0 Å². The fourth-order valence-corrected chi connectivity index (χ4v) is 2.91. The van der Waals surface area contributed by atoms with Crippen LogP contribution in [0.25, 0.3) is 0 Å². The number of hydrogen-bond donors (Lipinski definition) is 1. The molecule has 30 heavy (non-hydrogen) atoms. The van der Waals surface area contributed by atoms with E-state index in [0.717, 1.165) is 11.3 Å². The number of aromatic nitrogens is 3. The molecular formula is C20H29F3N6O. The third-order valence-corrected chi connectivity index (χ3v) is 4.18. The Morgan fingerprint density at radius 2 is 2.10 bits per heavy atom. The van der Waals surface area contributed by atoms with E-state index in [1.807, 2.05) is 36.8 Å². The van der Waals surface area contributed by atoms with Crippen LogP contribution in [0.3, 0.4) is 0 Å². The van der Waals surface area contributed by atoms with Crippen LogP contribution >= 0.6 is 0 Å². The van der Waals surface area contributed by atoms with Crippen molar-refractivity contribution < 1.29 is 17.9 Å². The number of hydrogen-bond acceptors (Lipinski definition) is 4. The van der Waals surface area contributed by atoms with Gasteiger partial charge in [-0.1, -0.05) is 13.8 Å². The lowest BCUT2D eigenvalue weighted by molar-refractivity contribution is -0.154. The average molecular weight is 426 g/mol. The van der Waals surface area contributed by atoms with Gasteiger partial charge in [-0.15, -0.1) is 0 Å². The number of pyridine rings is 1. The molecule has 2 aromatic heterocycles. The number of aliphatic imine (C=N–C) groups is 1. The summed E-state index contributed by atoms with van der Waals surface area (Å²) in [6, 6.07) is 3.17. The normalized spacial score (nSPS) is 12.4. The Morgan fingerprint density at radius 1 is 1.37 bits per heavy atom. The van der Waals surface area contributed by atoms with Crippen molar-refractivity contribution in [3.63, 3.8) is 0 Å². The first kappa shape index (κ1) is 23.5. The van der Waals surface area contributed by atoms with E-state index in [4.69, 9.17) is 4.74 Å². The first-order chi connectivity index (χ1) is 14.1. The molecule has 2 heterocycles. The zero-order valence-corrected chi connectivity index (χ0v) is 18.0. The zero-order valence-electron chi connectivity index (χ0n) is 18.0. The molecule has 0 atom stereocenters. The average Bonchev–Trinajstić information content (AvgIpc) is 3.03. The summed E-state index contributed by atoms with van der Waals surface area (Å²) in [5.41, 5.74) is 2.86. The molecule has 2 rings (SSSR count). The van der Waals surface area contributed by atoms with Gasteiger partial charge < -0.3 is 15.0 Å². The summed E-state index contributed by atoms with van der Waals surface area (Å²) in [4.78, 5) is 10.4. The molecular weight excluding hydrogens is 397 g/mol. The van der Waals surface area contributed by atoms with Crippen molar-refractivity contribution in [2.45, 2.75) is 46.0 Å². The topological polar surface area (TPSA) is 67.6 Å². The summed E-state index contributed by atoms with van der Waals surface area (Å²) in [6.07, 6.45) is -0.988. The van der Waals surface area contributed by atoms with Gasteiger partial charge in [-0.25, -0.2) is 9.98 Å². The lowest BCUT2D eigenvalue weighted by atomic mass is 10.1. The maximum Gasteiger partial charge on any atom is 0.422 e. The molecule has 0 unspecified atom stereocenters. The first-order valence-electron chi connectivity index (χ1n) is 9.75. The highest BCUT2D eigenvalue weighted by atomic mass is 19.4. The van der Waals surface area contributed by atoms with E-state index in [1.165, 1.54) is 12.3 Å². The highest BCUT2D eigenvalue weighted by Gasteiger charge is 2.28. The minimum atomic E-state index is -4.40. The van der Waals surface area contributed by atoms with Gasteiger partial charge in [-0.2, -0.15) is 18.3 Å². The Bertz CT molecular complexity index is 847. The SMILES string of the molecule is CCNC(=NCc1ccnc(OCC(F)(F)F)c1)N(C)Cc1cn(C)nc1C(C)C. The zero-order chi connectivity index (χ0) is 22.3. The highest BCUT2D eigenvalue weighted by Crippen LogP contribution is 2.19. The van der Waals surface area contributed by atoms with Crippen LogP contribution < -0.4 is 10.1 Å². The number of aryl methyl sites for hydroxylation is 1. The van der Waals surface area contributed by atoms with Gasteiger partial charge >= 0.3 is 6.18 Å². The van der Waals surface area contributed by atoms with Crippen molar-refractivity contribution in [2.24, 2.45) is 12.0 Å². The van der Waals surface area contributed by atoms with Gasteiger partial charge in [-0.3, -0.25) is 4.68 Å². The summed E-state index contributed by atoms with van der Waals surface area (Å²) in [7, 11) is 3.83. The van der Waals surface area contributed by atoms with Gasteiger partial charge in [0.1, 0.15) is 0 Å². The number of rotatable bonds is 8. The molecule has 0 radical (unpaired) electrons. The fourth-order valence-electron chi connectivity index (χ4n) is 2.91. The third kappa shape index (κ3) is 7.23. The summed E-state index contributed by atoms with van der Waals surface area (Å²) in [6.45, 7) is 6.40. The van der Waals surface area contributed by atoms with Crippen LogP contribution in [0.5, 0.6) is 5.88 Å². The predicted octanol–water partition coefficient (Wildman–Crippen LogP) is 3.48. The minimum Gasteiger partial charge on any atom is -0.468 e. The van der Waals surface area contributed by atoms with Crippen molar-refractivity contribution in [3.8, 4) is 5.88 Å². The number of nitrogens with zero attached hydrogens (tertiary/aromatic N) is 5. The monoisotopic (exact) mass is 426 g/mol. The van der Waals surface area contributed by atoms with Gasteiger partial charge in [0.05, 0.1) is 12.2 Å². The van der Waals surface area contributed by atoms with E-state index >= 15 is 0 Å². The fraction of sp³-hybridized carbons (Fsp3) is 0.550. The van der Waals surface area contributed by atoms with Crippen LogP contribution in [0.2, 0.25) is 0 Å². The molecule has 0 saturated heterocycles. The highest BCUT2D eigenvalue weighted by molar-refractivity contribution is 5.79. The molecule has 2 aromatic rings. The maximum atomic E-state index is 12.3. The summed E-state index contributed by atoms with van der Waals surface area (Å²) in [5.74, 6) is 0.919. The molecule has 1 N–H and O–H groups in total. The molecule has 0 fully saturated rings. The molecule has 0 bridgehead atoms. The number of ether oxygens (including phenoxy) is 1. The van der Waals surface area contributed by atoms with Gasteiger partial charge in [0.2, 0.25) is 5.88 Å². The molecule has 0 aliphatic carbocycles. The Hall–Kier alpha value is -2.78. The van der Waals surface area contributed by atoms with Crippen LogP contribution in [0.15, 0.2) is 29.5 Å². The van der Waals surface area contributed by atoms with E-state index < -0.39 is 12.8 Å². The molecule has 0 aliphatic rings. The van der Waals surface area contributed by atoms with Gasteiger partial charge in [0, 0.05) is 51.2 Å². The lowest BCUT2D eigenvalue weighted by Crippen LogP contribution is -2.38. The van der Waals surface area contributed by atoms with Gasteiger partial charge in [0.25, 0.3) is 0 Å². The quantitative estimate of drug-likeness (QED) is 0.517. The summed E-state index contributed by atoms with van der Waals surface area (Å²) >= 11 is 0. The van der Waals surface area contributed by atoms with Crippen molar-refractivity contribution >= 4 is 5.96 Å². The maximum absolute atomic E-state index is 12.3. The standard InChI is InChI=1S/C20H29F3N6O/c1-6-24-19(28(4)11-16-12-29(5)27-18(16)14(2)3)26-10-15-7-8-25-17(9-15)30-13-20(21,22)23/h7-9,12,14H,6,10-11,13H2,1-5H3,(H,24,26). The Kier molecular flexibility index (Phi) is 8.08. The second kappa shape index (κ2) is 10.3. The van der Waals surface area contributed by atoms with E-state index in [0.29, 0.717) is 30.5 Å². The van der Waals surface area contributed by atoms with Crippen LogP contribution in [-0.4, -0.2) is 52.0 Å². The second-order valence-electron chi connectivity index (χ2n) is 7.30. The lowest BCUT2D eigenvalue weighted by Gasteiger charge is -2.22. The molecule has 0 spiro atoms. The molecule has 0 amide bonds. The second-order valence-corrected chi connectivity index (χ2v) is 7.30. The van der Waals surface area contributed by atoms with Crippen LogP contribution in [0.1, 0.15) is 43.5 Å². The van der Waals surface area contributed by atoms with E-state index in [2.05, 4.69) is 34.2 Å². The Balaban J connectivity index is 2.10. The van der Waals surface area contributed by atoms with E-state index in [-0.39, 0.29) is 12.4 Å². The molecule has 0 saturated carbocycles. The largest absolute Gasteiger partial charge is 0.468 e. The van der Waals surface area contributed by atoms with Crippen LogP contribution in [0.4, 0.5) is 13.2 Å². The third-order valence-electron chi connectivity index (χ3n) is 4.18. The minimum absolute atomic E-state index is 0.0738. The van der Waals surface area contributed by atoms with Crippen molar-refractivity contribution in [1.29, 1.82) is 0 Å². The first-order valence-corrected chi connectivity index (χ1v) is 9.75. The molecule has 0 aromatic carbocycles. The summed E-state index contributed by atoms with van der Waals surface area (Å²) < 4.78 is 43.5. The van der Waals surface area contributed by atoms with E-state index in [9.17, 15) is 13.2 Å². The smallest absolute Gasteiger partial charge is 0.422 e. The number of halogens is 3. The van der Waals surface area contributed by atoms with Gasteiger partial charge in [-0.05, 0) is 24.5 Å². The van der Waals surface area contributed by atoms with Crippen molar-refractivity contribution in [3.05, 3.63) is 41.3 Å². The number of nitrogens with one attached hydrogen (secondary N) is 1. The Labute approximate surface area is 175 Å². The molecule has 166 valence electrons. The van der Waals surface area contributed by atoms with Crippen molar-refractivity contribution in [2.75, 3.05) is 20.2 Å². The molecule has 7 nitrogen and oxygen atoms in total. The Morgan fingerprint density at radius 3 is 2.73 bits per heavy atom. The summed E-state index contributed by atoms with van der Waals surface area (Å²) in [5, 5.41) is 7.78. The predicted molar refractivity (Wildman–Crippen MR) is 109 cm³/mol. The van der Waals surface area contributed by atoms with Gasteiger partial charge in [0.15, 0.2) is 12.6 Å². The van der Waals surface area contributed by atoms with Crippen LogP contribution in [0, 0.1) is 0 Å². The van der Waals surface area contributed by atoms with Crippen LogP contribution in [-0.2, 0) is 20.1 Å². The number of guanidine groups is 1. The molecule has 10 heteroatoms. The van der Waals surface area contributed by atoms with E-state index in [1.54, 1.807) is 6.07 Å². The number of alkyl halides is 3. The molecule has 0 aliphatic heterocycles.